The molecular weight excluding hydrogens is 325 g/mol. The van der Waals surface area contributed by atoms with Crippen LogP contribution in [-0.2, 0) is 9.59 Å². The van der Waals surface area contributed by atoms with E-state index in [4.69, 9.17) is 28.9 Å². The highest BCUT2D eigenvalue weighted by Gasteiger charge is 2.19. The predicted molar refractivity (Wildman–Crippen MR) is 90.2 cm³/mol. The normalized spacial score (nSPS) is 13.3. The van der Waals surface area contributed by atoms with Crippen LogP contribution < -0.4 is 16.4 Å². The zero-order valence-corrected chi connectivity index (χ0v) is 14.2. The van der Waals surface area contributed by atoms with Gasteiger partial charge in [-0.15, -0.1) is 0 Å². The fourth-order valence-corrected chi connectivity index (χ4v) is 2.08. The molecule has 0 aromatic heterocycles. The number of amides is 2. The Balaban J connectivity index is 2.54. The number of carbonyl (C=O) groups is 2. The molecule has 5 nitrogen and oxygen atoms in total. The molecule has 0 aliphatic carbocycles. The largest absolute Gasteiger partial charge is 0.374 e. The van der Waals surface area contributed by atoms with Gasteiger partial charge in [-0.1, -0.05) is 43.0 Å². The minimum atomic E-state index is -0.666. The maximum atomic E-state index is 12.0. The number of nitrogens with one attached hydrogen (secondary N) is 2. The molecule has 4 N–H and O–H groups in total. The van der Waals surface area contributed by atoms with Gasteiger partial charge in [-0.2, -0.15) is 0 Å². The average molecular weight is 346 g/mol. The summed E-state index contributed by atoms with van der Waals surface area (Å²) < 4.78 is 0. The van der Waals surface area contributed by atoms with Crippen molar-refractivity contribution in [3.05, 3.63) is 28.2 Å². The molecule has 0 saturated heterocycles. The summed E-state index contributed by atoms with van der Waals surface area (Å²) >= 11 is 11.7. The Morgan fingerprint density at radius 1 is 1.23 bits per heavy atom. The number of nitrogens with two attached hydrogens (primary N) is 1. The molecule has 2 atom stereocenters. The summed E-state index contributed by atoms with van der Waals surface area (Å²) in [7, 11) is 0. The molecule has 22 heavy (non-hydrogen) atoms. The number of anilines is 1. The van der Waals surface area contributed by atoms with Crippen molar-refractivity contribution in [3.8, 4) is 0 Å². The van der Waals surface area contributed by atoms with Crippen molar-refractivity contribution in [2.75, 3.05) is 5.32 Å². The van der Waals surface area contributed by atoms with Gasteiger partial charge >= 0.3 is 0 Å². The third-order valence-electron chi connectivity index (χ3n) is 3.15. The van der Waals surface area contributed by atoms with E-state index in [1.54, 1.807) is 25.1 Å². The maximum absolute atomic E-state index is 12.0. The standard InChI is InChI=1S/C15H21Cl2N3O2/c1-3-4-5-13(18)15(22)20-14(21)9(2)19-10-6-7-11(16)12(17)8-10/h6-9,13,19H,3-5,18H2,1-2H3,(H,20,21,22)/t9-,13-/m0/s1. The van der Waals surface area contributed by atoms with Crippen molar-refractivity contribution in [1.82, 2.24) is 5.32 Å². The van der Waals surface area contributed by atoms with Gasteiger partial charge in [-0.25, -0.2) is 0 Å². The number of unbranched alkanes of at least 4 members (excludes halogenated alkanes) is 1. The van der Waals surface area contributed by atoms with Crippen molar-refractivity contribution < 1.29 is 9.59 Å². The van der Waals surface area contributed by atoms with Crippen molar-refractivity contribution >= 4 is 40.7 Å². The summed E-state index contributed by atoms with van der Waals surface area (Å²) in [6.45, 7) is 3.65. The molecule has 7 heteroatoms. The molecule has 0 fully saturated rings. The lowest BCUT2D eigenvalue weighted by Gasteiger charge is -2.17. The van der Waals surface area contributed by atoms with Gasteiger partial charge in [0.05, 0.1) is 16.1 Å². The van der Waals surface area contributed by atoms with Crippen LogP contribution in [0.2, 0.25) is 10.0 Å². The second-order valence-corrected chi connectivity index (χ2v) is 5.91. The van der Waals surface area contributed by atoms with E-state index in [1.165, 1.54) is 0 Å². The Hall–Kier alpha value is -1.30. The number of halogens is 2. The topological polar surface area (TPSA) is 84.2 Å². The van der Waals surface area contributed by atoms with Crippen molar-refractivity contribution in [1.29, 1.82) is 0 Å². The smallest absolute Gasteiger partial charge is 0.248 e. The number of hydrogen-bond acceptors (Lipinski definition) is 4. The minimum absolute atomic E-state index is 0.386. The molecule has 122 valence electrons. The molecule has 0 unspecified atom stereocenters. The number of carbonyl (C=O) groups excluding carboxylic acids is 2. The van der Waals surface area contributed by atoms with Gasteiger partial charge in [0.1, 0.15) is 6.04 Å². The molecule has 0 spiro atoms. The van der Waals surface area contributed by atoms with Gasteiger partial charge in [0, 0.05) is 5.69 Å². The molecule has 1 aromatic rings. The van der Waals surface area contributed by atoms with E-state index in [9.17, 15) is 9.59 Å². The van der Waals surface area contributed by atoms with Crippen LogP contribution in [0.15, 0.2) is 18.2 Å². The zero-order valence-electron chi connectivity index (χ0n) is 12.7. The summed E-state index contributed by atoms with van der Waals surface area (Å²) in [5, 5.41) is 6.08. The third kappa shape index (κ3) is 5.83. The lowest BCUT2D eigenvalue weighted by atomic mass is 10.1. The van der Waals surface area contributed by atoms with E-state index in [-0.39, 0.29) is 0 Å². The van der Waals surface area contributed by atoms with Gasteiger partial charge < -0.3 is 11.1 Å². The van der Waals surface area contributed by atoms with Crippen LogP contribution in [0.3, 0.4) is 0 Å². The second kappa shape index (κ2) is 8.98. The molecule has 2 amide bonds. The Labute approximate surface area is 140 Å². The van der Waals surface area contributed by atoms with Crippen LogP contribution in [0, 0.1) is 0 Å². The lowest BCUT2D eigenvalue weighted by molar-refractivity contribution is -0.131. The monoisotopic (exact) mass is 345 g/mol. The molecule has 0 bridgehead atoms. The summed E-state index contributed by atoms with van der Waals surface area (Å²) in [6.07, 6.45) is 2.36. The van der Waals surface area contributed by atoms with E-state index >= 15 is 0 Å². The minimum Gasteiger partial charge on any atom is -0.374 e. The third-order valence-corrected chi connectivity index (χ3v) is 3.89. The van der Waals surface area contributed by atoms with E-state index < -0.39 is 23.9 Å². The first-order chi connectivity index (χ1) is 10.3. The Kier molecular flexibility index (Phi) is 7.65. The van der Waals surface area contributed by atoms with Gasteiger partial charge in [0.15, 0.2) is 0 Å². The van der Waals surface area contributed by atoms with E-state index in [0.29, 0.717) is 22.2 Å². The first kappa shape index (κ1) is 18.7. The van der Waals surface area contributed by atoms with Crippen LogP contribution in [0.5, 0.6) is 0 Å². The highest BCUT2D eigenvalue weighted by atomic mass is 35.5. The molecule has 0 heterocycles. The summed E-state index contributed by atoms with van der Waals surface area (Å²) in [5.41, 5.74) is 6.36. The van der Waals surface area contributed by atoms with Crippen LogP contribution in [0.1, 0.15) is 33.1 Å². The average Bonchev–Trinajstić information content (AvgIpc) is 2.48. The number of benzene rings is 1. The lowest BCUT2D eigenvalue weighted by Crippen LogP contribution is -2.48. The molecule has 0 radical (unpaired) electrons. The SMILES string of the molecule is CCCC[C@H](N)C(=O)NC(=O)[C@H](C)Nc1ccc(Cl)c(Cl)c1. The van der Waals surface area contributed by atoms with Crippen LogP contribution in [0.25, 0.3) is 0 Å². The highest BCUT2D eigenvalue weighted by Crippen LogP contribution is 2.25. The Morgan fingerprint density at radius 3 is 2.50 bits per heavy atom. The second-order valence-electron chi connectivity index (χ2n) is 5.10. The predicted octanol–water partition coefficient (Wildman–Crippen LogP) is 2.95. The van der Waals surface area contributed by atoms with Gasteiger partial charge in [-0.3, -0.25) is 14.9 Å². The molecule has 0 saturated carbocycles. The Morgan fingerprint density at radius 2 is 1.91 bits per heavy atom. The summed E-state index contributed by atoms with van der Waals surface area (Å²) in [5.74, 6) is -0.899. The van der Waals surface area contributed by atoms with Crippen LogP contribution in [0.4, 0.5) is 5.69 Å². The molecule has 0 aliphatic rings. The van der Waals surface area contributed by atoms with Crippen LogP contribution in [-0.4, -0.2) is 23.9 Å². The zero-order chi connectivity index (χ0) is 16.7. The first-order valence-electron chi connectivity index (χ1n) is 7.17. The number of imide groups is 1. The molecule has 0 aliphatic heterocycles. The fourth-order valence-electron chi connectivity index (χ4n) is 1.78. The van der Waals surface area contributed by atoms with Gasteiger partial charge in [0.2, 0.25) is 11.8 Å². The van der Waals surface area contributed by atoms with E-state index in [1.807, 2.05) is 6.92 Å². The first-order valence-corrected chi connectivity index (χ1v) is 7.92. The number of rotatable bonds is 7. The fraction of sp³-hybridized carbons (Fsp3) is 0.467. The number of hydrogen-bond donors (Lipinski definition) is 3. The van der Waals surface area contributed by atoms with E-state index in [0.717, 1.165) is 12.8 Å². The Bertz CT molecular complexity index is 538. The van der Waals surface area contributed by atoms with Crippen molar-refractivity contribution in [3.63, 3.8) is 0 Å². The maximum Gasteiger partial charge on any atom is 0.248 e. The molecule has 1 aromatic carbocycles. The quantitative estimate of drug-likeness (QED) is 0.709. The van der Waals surface area contributed by atoms with Gasteiger partial charge in [0.25, 0.3) is 0 Å². The highest BCUT2D eigenvalue weighted by molar-refractivity contribution is 6.42. The van der Waals surface area contributed by atoms with Crippen molar-refractivity contribution in [2.24, 2.45) is 5.73 Å². The summed E-state index contributed by atoms with van der Waals surface area (Å²) in [4.78, 5) is 23.8. The molecule has 1 rings (SSSR count). The van der Waals surface area contributed by atoms with Crippen LogP contribution >= 0.6 is 23.2 Å². The summed E-state index contributed by atoms with van der Waals surface area (Å²) in [6, 6.07) is 3.67. The van der Waals surface area contributed by atoms with E-state index in [2.05, 4.69) is 10.6 Å². The van der Waals surface area contributed by atoms with Gasteiger partial charge in [-0.05, 0) is 31.5 Å². The van der Waals surface area contributed by atoms with Crippen molar-refractivity contribution in [2.45, 2.75) is 45.2 Å². The molecular formula is C15H21Cl2N3O2.